The maximum Gasteiger partial charge on any atom is 0.0540 e. The average molecular weight is 676 g/mol. The van der Waals surface area contributed by atoms with E-state index in [2.05, 4.69) is 229 Å². The number of para-hydroxylation sites is 1. The van der Waals surface area contributed by atoms with Crippen molar-refractivity contribution in [1.29, 1.82) is 0 Å². The summed E-state index contributed by atoms with van der Waals surface area (Å²) >= 11 is 0. The molecule has 0 aliphatic carbocycles. The van der Waals surface area contributed by atoms with Crippen molar-refractivity contribution in [2.45, 2.75) is 0 Å². The molecule has 250 valence electrons. The van der Waals surface area contributed by atoms with Crippen LogP contribution in [-0.4, -0.2) is 0 Å². The second-order valence-corrected chi connectivity index (χ2v) is 13.3. The molecule has 1 heteroatoms. The molecule has 0 unspecified atom stereocenters. The quantitative estimate of drug-likeness (QED) is 0.155. The van der Waals surface area contributed by atoms with E-state index in [1.54, 1.807) is 0 Å². The number of rotatable bonds is 8. The Morgan fingerprint density at radius 1 is 0.245 bits per heavy atom. The van der Waals surface area contributed by atoms with Crippen LogP contribution in [0.4, 0.5) is 17.1 Å². The molecule has 9 aromatic rings. The molecule has 0 N–H and O–H groups in total. The first-order valence-corrected chi connectivity index (χ1v) is 18.2. The minimum atomic E-state index is 1.09. The summed E-state index contributed by atoms with van der Waals surface area (Å²) in [6.45, 7) is 0. The Bertz CT molecular complexity index is 2640. The summed E-state index contributed by atoms with van der Waals surface area (Å²) in [4.78, 5) is 2.40. The molecule has 0 aliphatic rings. The van der Waals surface area contributed by atoms with Gasteiger partial charge in [-0.3, -0.25) is 0 Å². The minimum absolute atomic E-state index is 1.09. The zero-order valence-electron chi connectivity index (χ0n) is 29.3. The predicted octanol–water partition coefficient (Wildman–Crippen LogP) is 14.6. The van der Waals surface area contributed by atoms with Gasteiger partial charge >= 0.3 is 0 Å². The van der Waals surface area contributed by atoms with Crippen LogP contribution in [0.25, 0.3) is 66.4 Å². The number of hydrogen-bond donors (Lipinski definition) is 0. The first-order chi connectivity index (χ1) is 26.3. The van der Waals surface area contributed by atoms with E-state index in [4.69, 9.17) is 0 Å². The van der Waals surface area contributed by atoms with Crippen LogP contribution in [0.3, 0.4) is 0 Å². The van der Waals surface area contributed by atoms with E-state index in [1.807, 2.05) is 0 Å². The summed E-state index contributed by atoms with van der Waals surface area (Å²) in [5.41, 5.74) is 15.3. The van der Waals surface area contributed by atoms with Gasteiger partial charge < -0.3 is 4.90 Å². The van der Waals surface area contributed by atoms with Crippen molar-refractivity contribution in [1.82, 2.24) is 0 Å². The molecule has 0 aromatic heterocycles. The standard InChI is InChI=1S/C52H37N/c1-4-16-38(17-5-1)49-35-32-44(37-51(49)41-20-8-3-9-21-41)43-24-14-25-46(36-43)53(52-29-13-12-27-50(52)40-18-6-2-7-19-40)45-33-30-42(31-34-45)48-28-15-23-39-22-10-11-26-47(39)48/h1-37H. The van der Waals surface area contributed by atoms with Crippen molar-refractivity contribution in [2.24, 2.45) is 0 Å². The molecule has 0 spiro atoms. The van der Waals surface area contributed by atoms with Gasteiger partial charge in [0.05, 0.1) is 5.69 Å². The van der Waals surface area contributed by atoms with Gasteiger partial charge in [-0.1, -0.05) is 188 Å². The number of nitrogens with zero attached hydrogens (tertiary/aromatic N) is 1. The van der Waals surface area contributed by atoms with Crippen molar-refractivity contribution in [3.63, 3.8) is 0 Å². The van der Waals surface area contributed by atoms with Crippen molar-refractivity contribution >= 4 is 27.8 Å². The summed E-state index contributed by atoms with van der Waals surface area (Å²) in [6, 6.07) is 80.8. The van der Waals surface area contributed by atoms with Gasteiger partial charge in [0, 0.05) is 16.9 Å². The fraction of sp³-hybridized carbons (Fsp3) is 0. The molecule has 1 nitrogen and oxygen atoms in total. The highest BCUT2D eigenvalue weighted by atomic mass is 15.1. The van der Waals surface area contributed by atoms with Gasteiger partial charge in [0.15, 0.2) is 0 Å². The normalized spacial score (nSPS) is 11.0. The molecule has 0 atom stereocenters. The molecule has 9 aromatic carbocycles. The van der Waals surface area contributed by atoms with Gasteiger partial charge in [-0.05, 0) is 97.2 Å². The lowest BCUT2D eigenvalue weighted by molar-refractivity contribution is 1.28. The molecule has 0 heterocycles. The topological polar surface area (TPSA) is 3.24 Å². The highest BCUT2D eigenvalue weighted by Gasteiger charge is 2.19. The summed E-state index contributed by atoms with van der Waals surface area (Å²) < 4.78 is 0. The van der Waals surface area contributed by atoms with E-state index in [1.165, 1.54) is 60.8 Å². The number of anilines is 3. The first kappa shape index (κ1) is 32.0. The van der Waals surface area contributed by atoms with Gasteiger partial charge in [-0.25, -0.2) is 0 Å². The zero-order chi connectivity index (χ0) is 35.4. The lowest BCUT2D eigenvalue weighted by Gasteiger charge is -2.28. The van der Waals surface area contributed by atoms with Crippen molar-refractivity contribution < 1.29 is 0 Å². The van der Waals surface area contributed by atoms with E-state index in [0.717, 1.165) is 22.6 Å². The summed E-state index contributed by atoms with van der Waals surface area (Å²) in [6.07, 6.45) is 0. The molecule has 0 saturated heterocycles. The number of hydrogen-bond acceptors (Lipinski definition) is 1. The first-order valence-electron chi connectivity index (χ1n) is 18.2. The van der Waals surface area contributed by atoms with Crippen LogP contribution in [0, 0.1) is 0 Å². The Balaban J connectivity index is 1.18. The minimum Gasteiger partial charge on any atom is -0.310 e. The lowest BCUT2D eigenvalue weighted by atomic mass is 9.91. The maximum atomic E-state index is 2.40. The molecule has 0 fully saturated rings. The fourth-order valence-electron chi connectivity index (χ4n) is 7.50. The fourth-order valence-corrected chi connectivity index (χ4v) is 7.50. The number of benzene rings is 9. The Hall–Kier alpha value is -6.96. The molecular formula is C52H37N. The molecule has 0 aliphatic heterocycles. The van der Waals surface area contributed by atoms with Crippen LogP contribution < -0.4 is 4.90 Å². The zero-order valence-corrected chi connectivity index (χ0v) is 29.3. The van der Waals surface area contributed by atoms with Gasteiger partial charge in [0.1, 0.15) is 0 Å². The van der Waals surface area contributed by atoms with E-state index >= 15 is 0 Å². The van der Waals surface area contributed by atoms with E-state index < -0.39 is 0 Å². The Morgan fingerprint density at radius 2 is 0.736 bits per heavy atom. The van der Waals surface area contributed by atoms with Gasteiger partial charge in [-0.15, -0.1) is 0 Å². The molecule has 53 heavy (non-hydrogen) atoms. The summed E-state index contributed by atoms with van der Waals surface area (Å²) in [5.74, 6) is 0. The second-order valence-electron chi connectivity index (χ2n) is 13.3. The lowest BCUT2D eigenvalue weighted by Crippen LogP contribution is -2.11. The van der Waals surface area contributed by atoms with Crippen LogP contribution >= 0.6 is 0 Å². The third-order valence-electron chi connectivity index (χ3n) is 10.1. The largest absolute Gasteiger partial charge is 0.310 e. The van der Waals surface area contributed by atoms with Crippen LogP contribution in [0.2, 0.25) is 0 Å². The van der Waals surface area contributed by atoms with Crippen molar-refractivity contribution in [2.75, 3.05) is 4.90 Å². The van der Waals surface area contributed by atoms with Gasteiger partial charge in [0.2, 0.25) is 0 Å². The monoisotopic (exact) mass is 675 g/mol. The number of fused-ring (bicyclic) bond motifs is 1. The summed E-state index contributed by atoms with van der Waals surface area (Å²) in [7, 11) is 0. The van der Waals surface area contributed by atoms with Crippen LogP contribution in [0.5, 0.6) is 0 Å². The smallest absolute Gasteiger partial charge is 0.0540 e. The third-order valence-corrected chi connectivity index (χ3v) is 10.1. The van der Waals surface area contributed by atoms with Crippen LogP contribution in [-0.2, 0) is 0 Å². The second kappa shape index (κ2) is 14.3. The molecule has 0 bridgehead atoms. The van der Waals surface area contributed by atoms with E-state index in [-0.39, 0.29) is 0 Å². The molecular weight excluding hydrogens is 639 g/mol. The highest BCUT2D eigenvalue weighted by molar-refractivity contribution is 5.97. The molecule has 0 saturated carbocycles. The molecule has 0 radical (unpaired) electrons. The molecule has 9 rings (SSSR count). The van der Waals surface area contributed by atoms with Crippen molar-refractivity contribution in [3.8, 4) is 55.6 Å². The van der Waals surface area contributed by atoms with Crippen LogP contribution in [0.15, 0.2) is 224 Å². The SMILES string of the molecule is c1ccc(-c2ccc(-c3cccc(N(c4ccc(-c5cccc6ccccc56)cc4)c4ccccc4-c4ccccc4)c3)cc2-c2ccccc2)cc1. The highest BCUT2D eigenvalue weighted by Crippen LogP contribution is 2.43. The van der Waals surface area contributed by atoms with Gasteiger partial charge in [0.25, 0.3) is 0 Å². The van der Waals surface area contributed by atoms with Crippen molar-refractivity contribution in [3.05, 3.63) is 224 Å². The Labute approximate surface area is 311 Å². The Kier molecular flexibility index (Phi) is 8.66. The average Bonchev–Trinajstić information content (AvgIpc) is 3.25. The predicted molar refractivity (Wildman–Crippen MR) is 226 cm³/mol. The van der Waals surface area contributed by atoms with E-state index in [9.17, 15) is 0 Å². The Morgan fingerprint density at radius 3 is 1.47 bits per heavy atom. The third kappa shape index (κ3) is 6.42. The maximum absolute atomic E-state index is 2.40. The molecule has 0 amide bonds. The van der Waals surface area contributed by atoms with E-state index in [0.29, 0.717) is 0 Å². The van der Waals surface area contributed by atoms with Gasteiger partial charge in [-0.2, -0.15) is 0 Å². The summed E-state index contributed by atoms with van der Waals surface area (Å²) in [5, 5.41) is 2.51. The van der Waals surface area contributed by atoms with Crippen LogP contribution in [0.1, 0.15) is 0 Å².